The average Bonchev–Trinajstić information content (AvgIpc) is 2.92. The van der Waals surface area contributed by atoms with Gasteiger partial charge in [0, 0.05) is 11.6 Å². The molecule has 0 spiro atoms. The third-order valence-corrected chi connectivity index (χ3v) is 3.06. The smallest absolute Gasteiger partial charge is 0.244 e. The lowest BCUT2D eigenvalue weighted by Gasteiger charge is -2.09. The number of hydrogen-bond acceptors (Lipinski definition) is 2. The highest BCUT2D eigenvalue weighted by molar-refractivity contribution is 6.32. The van der Waals surface area contributed by atoms with E-state index in [1.54, 1.807) is 25.1 Å². The zero-order valence-corrected chi connectivity index (χ0v) is 11.5. The quantitative estimate of drug-likeness (QED) is 0.867. The van der Waals surface area contributed by atoms with Crippen LogP contribution in [0.1, 0.15) is 24.3 Å². The molecule has 0 unspecified atom stereocenters. The maximum absolute atomic E-state index is 13.5. The fourth-order valence-electron chi connectivity index (χ4n) is 1.70. The first-order chi connectivity index (χ1) is 9.58. The van der Waals surface area contributed by atoms with Gasteiger partial charge in [-0.1, -0.05) is 17.7 Å². The van der Waals surface area contributed by atoms with Gasteiger partial charge in [-0.05, 0) is 37.3 Å². The highest BCUT2D eigenvalue weighted by atomic mass is 35.5. The maximum Gasteiger partial charge on any atom is 0.244 e. The lowest BCUT2D eigenvalue weighted by atomic mass is 10.2. The molecule has 0 saturated carbocycles. The number of halogens is 2. The Morgan fingerprint density at radius 3 is 2.85 bits per heavy atom. The van der Waals surface area contributed by atoms with Gasteiger partial charge in [0.1, 0.15) is 11.6 Å². The molecule has 1 aromatic carbocycles. The second-order valence-electron chi connectivity index (χ2n) is 4.21. The van der Waals surface area contributed by atoms with Crippen LogP contribution in [0.25, 0.3) is 6.08 Å². The minimum atomic E-state index is -0.472. The van der Waals surface area contributed by atoms with Crippen molar-refractivity contribution in [2.24, 2.45) is 0 Å². The van der Waals surface area contributed by atoms with Gasteiger partial charge in [-0.2, -0.15) is 0 Å². The Kier molecular flexibility index (Phi) is 4.58. The van der Waals surface area contributed by atoms with E-state index >= 15 is 0 Å². The molecule has 0 fully saturated rings. The predicted molar refractivity (Wildman–Crippen MR) is 75.7 cm³/mol. The Labute approximate surface area is 121 Å². The van der Waals surface area contributed by atoms with Crippen molar-refractivity contribution in [1.29, 1.82) is 0 Å². The molecule has 1 amide bonds. The molecule has 0 aliphatic carbocycles. The molecule has 1 heterocycles. The second kappa shape index (κ2) is 6.39. The van der Waals surface area contributed by atoms with Gasteiger partial charge in [-0.3, -0.25) is 4.79 Å². The molecule has 0 aliphatic rings. The SMILES string of the molecule is C[C@@H](NC(=O)/C=C/c1c(F)cccc1Cl)c1ccco1. The number of carbonyl (C=O) groups is 1. The molecular formula is C15H13ClFNO2. The van der Waals surface area contributed by atoms with Gasteiger partial charge < -0.3 is 9.73 Å². The number of carbonyl (C=O) groups excluding carboxylic acids is 1. The van der Waals surface area contributed by atoms with Crippen LogP contribution in [0.4, 0.5) is 4.39 Å². The first-order valence-corrected chi connectivity index (χ1v) is 6.41. The van der Waals surface area contributed by atoms with Crippen LogP contribution < -0.4 is 5.32 Å². The van der Waals surface area contributed by atoms with Crippen molar-refractivity contribution in [2.45, 2.75) is 13.0 Å². The molecule has 0 aliphatic heterocycles. The summed E-state index contributed by atoms with van der Waals surface area (Å²) in [5.74, 6) is -0.176. The van der Waals surface area contributed by atoms with Crippen molar-refractivity contribution in [2.75, 3.05) is 0 Å². The summed E-state index contributed by atoms with van der Waals surface area (Å²) in [4.78, 5) is 11.7. The normalized spacial score (nSPS) is 12.6. The lowest BCUT2D eigenvalue weighted by Crippen LogP contribution is -2.24. The summed E-state index contributed by atoms with van der Waals surface area (Å²) in [6.45, 7) is 1.79. The third-order valence-electron chi connectivity index (χ3n) is 2.73. The van der Waals surface area contributed by atoms with Gasteiger partial charge in [-0.25, -0.2) is 4.39 Å². The first kappa shape index (κ1) is 14.3. The summed E-state index contributed by atoms with van der Waals surface area (Å²) in [6, 6.07) is 7.60. The van der Waals surface area contributed by atoms with Gasteiger partial charge in [0.2, 0.25) is 5.91 Å². The van der Waals surface area contributed by atoms with Gasteiger partial charge in [0.05, 0.1) is 17.3 Å². The zero-order chi connectivity index (χ0) is 14.5. The van der Waals surface area contributed by atoms with Crippen molar-refractivity contribution >= 4 is 23.6 Å². The highest BCUT2D eigenvalue weighted by Gasteiger charge is 2.10. The van der Waals surface area contributed by atoms with Gasteiger partial charge in [-0.15, -0.1) is 0 Å². The molecule has 2 rings (SSSR count). The number of benzene rings is 1. The largest absolute Gasteiger partial charge is 0.467 e. The van der Waals surface area contributed by atoms with Crippen molar-refractivity contribution < 1.29 is 13.6 Å². The van der Waals surface area contributed by atoms with Crippen LogP contribution in [0.5, 0.6) is 0 Å². The monoisotopic (exact) mass is 293 g/mol. The second-order valence-corrected chi connectivity index (χ2v) is 4.62. The molecule has 20 heavy (non-hydrogen) atoms. The Morgan fingerprint density at radius 2 is 2.20 bits per heavy atom. The number of nitrogens with one attached hydrogen (secondary N) is 1. The van der Waals surface area contributed by atoms with Crippen molar-refractivity contribution in [3.8, 4) is 0 Å². The molecule has 104 valence electrons. The van der Waals surface area contributed by atoms with Crippen molar-refractivity contribution in [3.63, 3.8) is 0 Å². The molecule has 5 heteroatoms. The van der Waals surface area contributed by atoms with Gasteiger partial charge in [0.15, 0.2) is 0 Å². The molecule has 1 N–H and O–H groups in total. The number of hydrogen-bond donors (Lipinski definition) is 1. The van der Waals surface area contributed by atoms with E-state index in [1.165, 1.54) is 30.5 Å². The molecule has 1 aromatic heterocycles. The molecule has 2 aromatic rings. The summed E-state index contributed by atoms with van der Waals surface area (Å²) in [7, 11) is 0. The van der Waals surface area contributed by atoms with E-state index in [1.807, 2.05) is 0 Å². The van der Waals surface area contributed by atoms with E-state index in [4.69, 9.17) is 16.0 Å². The predicted octanol–water partition coefficient (Wildman–Crippen LogP) is 3.96. The minimum absolute atomic E-state index is 0.190. The fourth-order valence-corrected chi connectivity index (χ4v) is 1.93. The van der Waals surface area contributed by atoms with Crippen LogP contribution >= 0.6 is 11.6 Å². The summed E-state index contributed by atoms with van der Waals surface area (Å²) in [5, 5.41) is 2.96. The summed E-state index contributed by atoms with van der Waals surface area (Å²) in [6.07, 6.45) is 4.12. The van der Waals surface area contributed by atoms with Crippen LogP contribution in [0.15, 0.2) is 47.1 Å². The van der Waals surface area contributed by atoms with Crippen molar-refractivity contribution in [1.82, 2.24) is 5.32 Å². The van der Waals surface area contributed by atoms with E-state index < -0.39 is 5.82 Å². The number of furan rings is 1. The van der Waals surface area contributed by atoms with Crippen LogP contribution in [0, 0.1) is 5.82 Å². The Balaban J connectivity index is 2.03. The summed E-state index contributed by atoms with van der Waals surface area (Å²) >= 11 is 5.86. The Morgan fingerprint density at radius 1 is 1.40 bits per heavy atom. The molecule has 0 saturated heterocycles. The lowest BCUT2D eigenvalue weighted by molar-refractivity contribution is -0.117. The van der Waals surface area contributed by atoms with E-state index in [2.05, 4.69) is 5.32 Å². The third kappa shape index (κ3) is 3.48. The topological polar surface area (TPSA) is 42.2 Å². The van der Waals surface area contributed by atoms with Crippen LogP contribution in [-0.2, 0) is 4.79 Å². The average molecular weight is 294 g/mol. The van der Waals surface area contributed by atoms with Crippen LogP contribution in [0.2, 0.25) is 5.02 Å². The first-order valence-electron chi connectivity index (χ1n) is 6.04. The maximum atomic E-state index is 13.5. The summed E-state index contributed by atoms with van der Waals surface area (Å²) < 4.78 is 18.7. The van der Waals surface area contributed by atoms with E-state index in [0.717, 1.165) is 0 Å². The summed E-state index contributed by atoms with van der Waals surface area (Å²) in [5.41, 5.74) is 0.190. The van der Waals surface area contributed by atoms with E-state index in [-0.39, 0.29) is 22.5 Å². The standard InChI is InChI=1S/C15H13ClFNO2/c1-10(14-6-3-9-20-14)18-15(19)8-7-11-12(16)4-2-5-13(11)17/h2-10H,1H3,(H,18,19)/b8-7+/t10-/m1/s1. The fraction of sp³-hybridized carbons (Fsp3) is 0.133. The zero-order valence-electron chi connectivity index (χ0n) is 10.8. The molecule has 1 atom stereocenters. The molecule has 3 nitrogen and oxygen atoms in total. The van der Waals surface area contributed by atoms with Crippen LogP contribution in [0.3, 0.4) is 0 Å². The van der Waals surface area contributed by atoms with Gasteiger partial charge in [0.25, 0.3) is 0 Å². The molecular weight excluding hydrogens is 281 g/mol. The minimum Gasteiger partial charge on any atom is -0.467 e. The van der Waals surface area contributed by atoms with E-state index in [9.17, 15) is 9.18 Å². The molecule has 0 radical (unpaired) electrons. The number of amides is 1. The van der Waals surface area contributed by atoms with E-state index in [0.29, 0.717) is 5.76 Å². The van der Waals surface area contributed by atoms with Crippen molar-refractivity contribution in [3.05, 3.63) is 64.8 Å². The Bertz CT molecular complexity index is 603. The van der Waals surface area contributed by atoms with Crippen LogP contribution in [-0.4, -0.2) is 5.91 Å². The van der Waals surface area contributed by atoms with Gasteiger partial charge >= 0.3 is 0 Å². The highest BCUT2D eigenvalue weighted by Crippen LogP contribution is 2.20. The Hall–Kier alpha value is -2.07. The molecule has 0 bridgehead atoms. The number of rotatable bonds is 4.